The standard InChI is InChI=1S/C14H23N3OS/c1-5-11-16-9(2)12(19-11)13(18)17-7-6-10(15)14(3,4)8-17/h10H,5-8,15H2,1-4H3. The van der Waals surface area contributed by atoms with E-state index in [1.54, 1.807) is 0 Å². The molecule has 2 N–H and O–H groups in total. The fraction of sp³-hybridized carbons (Fsp3) is 0.714. The van der Waals surface area contributed by atoms with Gasteiger partial charge in [-0.25, -0.2) is 4.98 Å². The number of carbonyl (C=O) groups excluding carboxylic acids is 1. The van der Waals surface area contributed by atoms with Crippen molar-refractivity contribution in [3.8, 4) is 0 Å². The van der Waals surface area contributed by atoms with E-state index in [-0.39, 0.29) is 17.4 Å². The Hall–Kier alpha value is -0.940. The van der Waals surface area contributed by atoms with E-state index in [0.717, 1.165) is 41.5 Å². The summed E-state index contributed by atoms with van der Waals surface area (Å²) in [6.07, 6.45) is 1.76. The van der Waals surface area contributed by atoms with Gasteiger partial charge < -0.3 is 10.6 Å². The molecule has 1 amide bonds. The molecule has 2 heterocycles. The molecule has 1 aliphatic rings. The van der Waals surface area contributed by atoms with Gasteiger partial charge in [-0.15, -0.1) is 11.3 Å². The number of piperidine rings is 1. The van der Waals surface area contributed by atoms with Crippen LogP contribution in [0.5, 0.6) is 0 Å². The van der Waals surface area contributed by atoms with Gasteiger partial charge in [0.15, 0.2) is 0 Å². The molecule has 1 aromatic rings. The molecule has 1 fully saturated rings. The lowest BCUT2D eigenvalue weighted by Crippen LogP contribution is -2.53. The Kier molecular flexibility index (Phi) is 3.97. The van der Waals surface area contributed by atoms with Crippen LogP contribution < -0.4 is 5.73 Å². The first-order valence-electron chi connectivity index (χ1n) is 6.86. The number of nitrogens with two attached hydrogens (primary N) is 1. The lowest BCUT2D eigenvalue weighted by molar-refractivity contribution is 0.0536. The molecule has 1 unspecified atom stereocenters. The zero-order chi connectivity index (χ0) is 14.2. The van der Waals surface area contributed by atoms with Crippen LogP contribution in [0.1, 0.15) is 47.6 Å². The monoisotopic (exact) mass is 281 g/mol. The van der Waals surface area contributed by atoms with Crippen molar-refractivity contribution in [3.63, 3.8) is 0 Å². The van der Waals surface area contributed by atoms with Crippen molar-refractivity contribution in [3.05, 3.63) is 15.6 Å². The largest absolute Gasteiger partial charge is 0.337 e. The average Bonchev–Trinajstić information content (AvgIpc) is 2.73. The minimum absolute atomic E-state index is 0.0138. The van der Waals surface area contributed by atoms with Crippen molar-refractivity contribution in [1.82, 2.24) is 9.88 Å². The molecular formula is C14H23N3OS. The number of thiazole rings is 1. The summed E-state index contributed by atoms with van der Waals surface area (Å²) in [6, 6.07) is 0.172. The molecule has 0 aliphatic carbocycles. The number of rotatable bonds is 2. The minimum atomic E-state index is -0.0138. The van der Waals surface area contributed by atoms with E-state index in [1.807, 2.05) is 11.8 Å². The van der Waals surface area contributed by atoms with E-state index in [0.29, 0.717) is 0 Å². The molecule has 5 heteroatoms. The van der Waals surface area contributed by atoms with Crippen molar-refractivity contribution in [1.29, 1.82) is 0 Å². The van der Waals surface area contributed by atoms with Gasteiger partial charge in [0.25, 0.3) is 5.91 Å². The number of amides is 1. The zero-order valence-electron chi connectivity index (χ0n) is 12.2. The van der Waals surface area contributed by atoms with Crippen LogP contribution in [0.25, 0.3) is 0 Å². The predicted molar refractivity (Wildman–Crippen MR) is 78.5 cm³/mol. The number of hydrogen-bond donors (Lipinski definition) is 1. The normalized spacial score (nSPS) is 22.6. The second kappa shape index (κ2) is 5.21. The average molecular weight is 281 g/mol. The van der Waals surface area contributed by atoms with Crippen LogP contribution in [-0.2, 0) is 6.42 Å². The molecule has 1 aromatic heterocycles. The zero-order valence-corrected chi connectivity index (χ0v) is 13.0. The van der Waals surface area contributed by atoms with E-state index >= 15 is 0 Å². The highest BCUT2D eigenvalue weighted by atomic mass is 32.1. The third-order valence-corrected chi connectivity index (χ3v) is 5.23. The predicted octanol–water partition coefficient (Wildman–Crippen LogP) is 2.21. The molecule has 1 aliphatic heterocycles. The first kappa shape index (κ1) is 14.5. The Morgan fingerprint density at radius 3 is 2.79 bits per heavy atom. The topological polar surface area (TPSA) is 59.2 Å². The molecule has 1 atom stereocenters. The fourth-order valence-corrected chi connectivity index (χ4v) is 3.47. The summed E-state index contributed by atoms with van der Waals surface area (Å²) < 4.78 is 0. The van der Waals surface area contributed by atoms with Crippen LogP contribution >= 0.6 is 11.3 Å². The number of aromatic nitrogens is 1. The van der Waals surface area contributed by atoms with Crippen molar-refractivity contribution < 1.29 is 4.79 Å². The van der Waals surface area contributed by atoms with E-state index in [1.165, 1.54) is 11.3 Å². The molecule has 4 nitrogen and oxygen atoms in total. The van der Waals surface area contributed by atoms with Crippen LogP contribution in [0.2, 0.25) is 0 Å². The molecule has 1 saturated heterocycles. The maximum atomic E-state index is 12.6. The van der Waals surface area contributed by atoms with Gasteiger partial charge in [-0.1, -0.05) is 20.8 Å². The first-order chi connectivity index (χ1) is 8.85. The third kappa shape index (κ3) is 2.82. The smallest absolute Gasteiger partial charge is 0.265 e. The Labute approximate surface area is 119 Å². The SMILES string of the molecule is CCc1nc(C)c(C(=O)N2CCC(N)C(C)(C)C2)s1. The molecule has 0 aromatic carbocycles. The van der Waals surface area contributed by atoms with Crippen molar-refractivity contribution in [2.24, 2.45) is 11.1 Å². The summed E-state index contributed by atoms with van der Waals surface area (Å²) >= 11 is 1.53. The highest BCUT2D eigenvalue weighted by Gasteiger charge is 2.36. The molecule has 106 valence electrons. The van der Waals surface area contributed by atoms with Gasteiger partial charge in [0.1, 0.15) is 4.88 Å². The Morgan fingerprint density at radius 2 is 2.26 bits per heavy atom. The Morgan fingerprint density at radius 1 is 1.58 bits per heavy atom. The van der Waals surface area contributed by atoms with Crippen LogP contribution in [0, 0.1) is 12.3 Å². The van der Waals surface area contributed by atoms with Crippen LogP contribution in [0.4, 0.5) is 0 Å². The number of carbonyl (C=O) groups is 1. The first-order valence-corrected chi connectivity index (χ1v) is 7.68. The maximum Gasteiger partial charge on any atom is 0.265 e. The molecule has 2 rings (SSSR count). The summed E-state index contributed by atoms with van der Waals surface area (Å²) in [4.78, 5) is 19.8. The molecular weight excluding hydrogens is 258 g/mol. The molecule has 0 saturated carbocycles. The fourth-order valence-electron chi connectivity index (χ4n) is 2.49. The quantitative estimate of drug-likeness (QED) is 0.904. The van der Waals surface area contributed by atoms with Gasteiger partial charge in [-0.2, -0.15) is 0 Å². The Bertz CT molecular complexity index is 481. The summed E-state index contributed by atoms with van der Waals surface area (Å²) in [5.74, 6) is 0.120. The second-order valence-corrected chi connectivity index (χ2v) is 7.07. The molecule has 19 heavy (non-hydrogen) atoms. The summed E-state index contributed by atoms with van der Waals surface area (Å²) in [6.45, 7) is 9.73. The minimum Gasteiger partial charge on any atom is -0.337 e. The Balaban J connectivity index is 2.18. The number of aryl methyl sites for hydroxylation is 2. The lowest BCUT2D eigenvalue weighted by atomic mass is 9.79. The molecule has 0 radical (unpaired) electrons. The van der Waals surface area contributed by atoms with Crippen molar-refractivity contribution in [2.75, 3.05) is 13.1 Å². The highest BCUT2D eigenvalue weighted by Crippen LogP contribution is 2.30. The van der Waals surface area contributed by atoms with Gasteiger partial charge in [0, 0.05) is 19.1 Å². The second-order valence-electron chi connectivity index (χ2n) is 5.99. The highest BCUT2D eigenvalue weighted by molar-refractivity contribution is 7.13. The van der Waals surface area contributed by atoms with E-state index < -0.39 is 0 Å². The van der Waals surface area contributed by atoms with E-state index in [2.05, 4.69) is 25.8 Å². The van der Waals surface area contributed by atoms with E-state index in [4.69, 9.17) is 5.73 Å². The maximum absolute atomic E-state index is 12.6. The van der Waals surface area contributed by atoms with Crippen LogP contribution in [0.15, 0.2) is 0 Å². The van der Waals surface area contributed by atoms with Crippen LogP contribution in [-0.4, -0.2) is 34.9 Å². The van der Waals surface area contributed by atoms with Gasteiger partial charge in [-0.05, 0) is 25.2 Å². The summed E-state index contributed by atoms with van der Waals surface area (Å²) in [7, 11) is 0. The number of hydrogen-bond acceptors (Lipinski definition) is 4. The lowest BCUT2D eigenvalue weighted by Gasteiger charge is -2.42. The van der Waals surface area contributed by atoms with Gasteiger partial charge in [-0.3, -0.25) is 4.79 Å². The van der Waals surface area contributed by atoms with Crippen molar-refractivity contribution >= 4 is 17.2 Å². The van der Waals surface area contributed by atoms with Crippen LogP contribution in [0.3, 0.4) is 0 Å². The summed E-state index contributed by atoms with van der Waals surface area (Å²) in [5, 5.41) is 1.04. The third-order valence-electron chi connectivity index (χ3n) is 3.94. The van der Waals surface area contributed by atoms with Gasteiger partial charge in [0.2, 0.25) is 0 Å². The van der Waals surface area contributed by atoms with Gasteiger partial charge in [0.05, 0.1) is 10.7 Å². The number of likely N-dealkylation sites (tertiary alicyclic amines) is 1. The van der Waals surface area contributed by atoms with Gasteiger partial charge >= 0.3 is 0 Å². The van der Waals surface area contributed by atoms with E-state index in [9.17, 15) is 4.79 Å². The molecule has 0 spiro atoms. The number of nitrogens with zero attached hydrogens (tertiary/aromatic N) is 2. The van der Waals surface area contributed by atoms with Crippen molar-refractivity contribution in [2.45, 2.75) is 46.6 Å². The summed E-state index contributed by atoms with van der Waals surface area (Å²) in [5.41, 5.74) is 6.97. The molecule has 0 bridgehead atoms.